The van der Waals surface area contributed by atoms with E-state index in [0.29, 0.717) is 12.8 Å². The van der Waals surface area contributed by atoms with Crippen LogP contribution in [0.15, 0.2) is 0 Å². The minimum Gasteiger partial charge on any atom is -0.481 e. The second-order valence-electron chi connectivity index (χ2n) is 5.58. The van der Waals surface area contributed by atoms with Gasteiger partial charge in [0.1, 0.15) is 18.6 Å². The highest BCUT2D eigenvalue weighted by Crippen LogP contribution is 2.34. The molecule has 2 fully saturated rings. The Bertz CT molecular complexity index is 374. The molecule has 0 aromatic heterocycles. The number of cyclic esters (lactones) is 2. The summed E-state index contributed by atoms with van der Waals surface area (Å²) >= 11 is 0. The number of aliphatic carboxylic acids is 1. The number of ether oxygens (including phenoxy) is 2. The van der Waals surface area contributed by atoms with Crippen LogP contribution in [0.4, 0.5) is 0 Å². The van der Waals surface area contributed by atoms with Gasteiger partial charge in [-0.25, -0.2) is 0 Å². The lowest BCUT2D eigenvalue weighted by Crippen LogP contribution is -2.38. The van der Waals surface area contributed by atoms with E-state index in [9.17, 15) is 14.4 Å². The highest BCUT2D eigenvalue weighted by molar-refractivity contribution is 5.84. The molecule has 19 heavy (non-hydrogen) atoms. The van der Waals surface area contributed by atoms with E-state index in [1.807, 2.05) is 0 Å². The second kappa shape index (κ2) is 5.19. The number of carboxylic acids is 1. The molecule has 6 heteroatoms. The van der Waals surface area contributed by atoms with Gasteiger partial charge in [0.2, 0.25) is 0 Å². The molecule has 1 aliphatic carbocycles. The molecule has 2 rings (SSSR count). The monoisotopic (exact) mass is 270 g/mol. The van der Waals surface area contributed by atoms with E-state index >= 15 is 0 Å². The van der Waals surface area contributed by atoms with E-state index in [2.05, 4.69) is 0 Å². The molecule has 0 aromatic rings. The number of carboxylic acid groups (broad SMARTS) is 1. The fraction of sp³-hybridized carbons (Fsp3) is 0.769. The Kier molecular flexibility index (Phi) is 3.78. The molecule has 1 heterocycles. The van der Waals surface area contributed by atoms with Crippen LogP contribution in [0.2, 0.25) is 0 Å². The summed E-state index contributed by atoms with van der Waals surface area (Å²) in [5.41, 5.74) is -1.38. The number of carbonyl (C=O) groups excluding carboxylic acids is 2. The summed E-state index contributed by atoms with van der Waals surface area (Å²) in [4.78, 5) is 35.2. The van der Waals surface area contributed by atoms with Gasteiger partial charge in [-0.3, -0.25) is 14.4 Å². The predicted octanol–water partition coefficient (Wildman–Crippen LogP) is 0.984. The molecule has 1 saturated heterocycles. The van der Waals surface area contributed by atoms with Crippen molar-refractivity contribution >= 4 is 17.9 Å². The van der Waals surface area contributed by atoms with E-state index in [4.69, 9.17) is 14.6 Å². The lowest BCUT2D eigenvalue weighted by molar-refractivity contribution is -0.163. The van der Waals surface area contributed by atoms with Crippen LogP contribution in [0.25, 0.3) is 0 Å². The van der Waals surface area contributed by atoms with E-state index in [-0.39, 0.29) is 13.2 Å². The lowest BCUT2D eigenvalue weighted by atomic mass is 9.79. The zero-order valence-corrected chi connectivity index (χ0v) is 10.9. The molecule has 0 radical (unpaired) electrons. The Balaban J connectivity index is 2.22. The van der Waals surface area contributed by atoms with Gasteiger partial charge < -0.3 is 14.6 Å². The minimum absolute atomic E-state index is 0.266. The van der Waals surface area contributed by atoms with Gasteiger partial charge in [-0.05, 0) is 19.8 Å². The maximum absolute atomic E-state index is 12.0. The molecule has 2 aliphatic rings. The van der Waals surface area contributed by atoms with Crippen LogP contribution in [0.5, 0.6) is 0 Å². The number of carbonyl (C=O) groups is 3. The smallest absolute Gasteiger partial charge is 0.316 e. The standard InChI is InChI=1S/C13H18O6/c1-13(12(16)17)6-18-10(14)8-4-2-3-5-9(8)11(15)19-7-13/h8-9H,2-7H2,1H3,(H,16,17). The SMILES string of the molecule is CC1(C(=O)O)COC(=O)C2CCCCC2C(=O)OC1. The van der Waals surface area contributed by atoms with Gasteiger partial charge in [0.25, 0.3) is 0 Å². The van der Waals surface area contributed by atoms with E-state index in [0.717, 1.165) is 12.8 Å². The Morgan fingerprint density at radius 3 is 1.89 bits per heavy atom. The fourth-order valence-corrected chi connectivity index (χ4v) is 2.54. The summed E-state index contributed by atoms with van der Waals surface area (Å²) in [5.74, 6) is -3.07. The Morgan fingerprint density at radius 1 is 1.11 bits per heavy atom. The van der Waals surface area contributed by atoms with Gasteiger partial charge >= 0.3 is 17.9 Å². The van der Waals surface area contributed by atoms with Crippen molar-refractivity contribution in [1.82, 2.24) is 0 Å². The van der Waals surface area contributed by atoms with Crippen LogP contribution in [-0.2, 0) is 23.9 Å². The Hall–Kier alpha value is -1.59. The molecule has 1 aliphatic heterocycles. The summed E-state index contributed by atoms with van der Waals surface area (Å²) < 4.78 is 10.2. The highest BCUT2D eigenvalue weighted by atomic mass is 16.6. The summed E-state index contributed by atoms with van der Waals surface area (Å²) in [6.07, 6.45) is 2.95. The van der Waals surface area contributed by atoms with Gasteiger partial charge in [-0.1, -0.05) is 12.8 Å². The molecule has 2 atom stereocenters. The van der Waals surface area contributed by atoms with Gasteiger partial charge in [-0.2, -0.15) is 0 Å². The third-order valence-corrected chi connectivity index (χ3v) is 3.95. The van der Waals surface area contributed by atoms with Crippen molar-refractivity contribution in [3.63, 3.8) is 0 Å². The van der Waals surface area contributed by atoms with Crippen LogP contribution in [0.3, 0.4) is 0 Å². The Labute approximate surface area is 111 Å². The molecule has 1 saturated carbocycles. The van der Waals surface area contributed by atoms with Gasteiger partial charge in [0, 0.05) is 0 Å². The van der Waals surface area contributed by atoms with E-state index < -0.39 is 35.2 Å². The van der Waals surface area contributed by atoms with Crippen LogP contribution < -0.4 is 0 Å². The quantitative estimate of drug-likeness (QED) is 0.714. The number of fused-ring (bicyclic) bond motifs is 1. The second-order valence-corrected chi connectivity index (χ2v) is 5.58. The minimum atomic E-state index is -1.38. The maximum Gasteiger partial charge on any atom is 0.316 e. The topological polar surface area (TPSA) is 89.9 Å². The lowest BCUT2D eigenvalue weighted by Gasteiger charge is -2.26. The average Bonchev–Trinajstić information content (AvgIpc) is 2.45. The highest BCUT2D eigenvalue weighted by Gasteiger charge is 2.44. The average molecular weight is 270 g/mol. The number of rotatable bonds is 1. The normalized spacial score (nSPS) is 36.1. The number of esters is 2. The van der Waals surface area contributed by atoms with Crippen molar-refractivity contribution in [2.75, 3.05) is 13.2 Å². The summed E-state index contributed by atoms with van der Waals surface area (Å²) in [6, 6.07) is 0. The first kappa shape index (κ1) is 13.8. The molecular formula is C13H18O6. The first-order chi connectivity index (χ1) is 8.94. The van der Waals surface area contributed by atoms with Crippen LogP contribution in [0.1, 0.15) is 32.6 Å². The first-order valence-corrected chi connectivity index (χ1v) is 6.51. The van der Waals surface area contributed by atoms with E-state index in [1.54, 1.807) is 0 Å². The molecule has 6 nitrogen and oxygen atoms in total. The van der Waals surface area contributed by atoms with Crippen molar-refractivity contribution in [2.24, 2.45) is 17.3 Å². The summed E-state index contributed by atoms with van der Waals surface area (Å²) in [7, 11) is 0. The largest absolute Gasteiger partial charge is 0.481 e. The molecule has 1 N–H and O–H groups in total. The van der Waals surface area contributed by atoms with Crippen LogP contribution in [-0.4, -0.2) is 36.2 Å². The van der Waals surface area contributed by atoms with Gasteiger partial charge in [-0.15, -0.1) is 0 Å². The van der Waals surface area contributed by atoms with Crippen molar-refractivity contribution in [3.8, 4) is 0 Å². The predicted molar refractivity (Wildman–Crippen MR) is 63.1 cm³/mol. The molecular weight excluding hydrogens is 252 g/mol. The van der Waals surface area contributed by atoms with Crippen LogP contribution >= 0.6 is 0 Å². The molecule has 0 aromatic carbocycles. The van der Waals surface area contributed by atoms with Crippen LogP contribution in [0, 0.1) is 17.3 Å². The zero-order chi connectivity index (χ0) is 14.0. The molecule has 106 valence electrons. The van der Waals surface area contributed by atoms with Crippen molar-refractivity contribution in [3.05, 3.63) is 0 Å². The molecule has 2 unspecified atom stereocenters. The first-order valence-electron chi connectivity index (χ1n) is 6.51. The number of hydrogen-bond donors (Lipinski definition) is 1. The van der Waals surface area contributed by atoms with Gasteiger partial charge in [0.15, 0.2) is 0 Å². The van der Waals surface area contributed by atoms with Crippen molar-refractivity contribution in [1.29, 1.82) is 0 Å². The maximum atomic E-state index is 12.0. The van der Waals surface area contributed by atoms with Gasteiger partial charge in [0.05, 0.1) is 11.8 Å². The van der Waals surface area contributed by atoms with Crippen molar-refractivity contribution < 1.29 is 29.0 Å². The molecule has 0 amide bonds. The van der Waals surface area contributed by atoms with E-state index in [1.165, 1.54) is 6.92 Å². The Morgan fingerprint density at radius 2 is 1.53 bits per heavy atom. The summed E-state index contributed by atoms with van der Waals surface area (Å²) in [5, 5.41) is 9.15. The third-order valence-electron chi connectivity index (χ3n) is 3.95. The molecule has 0 spiro atoms. The van der Waals surface area contributed by atoms with Crippen molar-refractivity contribution in [2.45, 2.75) is 32.6 Å². The zero-order valence-electron chi connectivity index (χ0n) is 10.9. The number of hydrogen-bond acceptors (Lipinski definition) is 5. The molecule has 0 bridgehead atoms. The fourth-order valence-electron chi connectivity index (χ4n) is 2.54. The third kappa shape index (κ3) is 2.72. The summed E-state index contributed by atoms with van der Waals surface area (Å²) in [6.45, 7) is 0.875.